The summed E-state index contributed by atoms with van der Waals surface area (Å²) in [4.78, 5) is 1.37. The van der Waals surface area contributed by atoms with Crippen LogP contribution in [0.2, 0.25) is 0 Å². The Hall–Kier alpha value is -0.420. The number of rotatable bonds is 8. The second-order valence-corrected chi connectivity index (χ2v) is 10.7. The van der Waals surface area contributed by atoms with E-state index in [9.17, 15) is 5.11 Å². The quantitative estimate of drug-likeness (QED) is 0.585. The first kappa shape index (κ1) is 19.3. The summed E-state index contributed by atoms with van der Waals surface area (Å²) in [6, 6.07) is 4.50. The predicted octanol–water partition coefficient (Wildman–Crippen LogP) is 6.04. The third kappa shape index (κ3) is 3.43. The Labute approximate surface area is 160 Å². The number of aliphatic hydroxyl groups excluding tert-OH is 1. The van der Waals surface area contributed by atoms with Crippen LogP contribution in [-0.2, 0) is 6.54 Å². The molecule has 2 aromatic rings. The van der Waals surface area contributed by atoms with Crippen LogP contribution in [0.15, 0.2) is 17.5 Å². The Morgan fingerprint density at radius 3 is 2.64 bits per heavy atom. The van der Waals surface area contributed by atoms with Crippen molar-refractivity contribution in [1.29, 1.82) is 0 Å². The molecule has 2 aromatic heterocycles. The second kappa shape index (κ2) is 7.30. The van der Waals surface area contributed by atoms with Gasteiger partial charge in [-0.2, -0.15) is 0 Å². The van der Waals surface area contributed by atoms with Gasteiger partial charge in [0.1, 0.15) is 0 Å². The summed E-state index contributed by atoms with van der Waals surface area (Å²) in [5.41, 5.74) is 0.138. The van der Waals surface area contributed by atoms with Crippen LogP contribution in [0.5, 0.6) is 0 Å². The van der Waals surface area contributed by atoms with Gasteiger partial charge in [0, 0.05) is 22.3 Å². The summed E-state index contributed by atoms with van der Waals surface area (Å²) in [6.45, 7) is 12.3. The molecule has 0 amide bonds. The molecular formula is C21H33NOS2. The van der Waals surface area contributed by atoms with Crippen molar-refractivity contribution in [1.82, 2.24) is 5.32 Å². The highest BCUT2D eigenvalue weighted by atomic mass is 32.2. The Balaban J connectivity index is 1.77. The highest BCUT2D eigenvalue weighted by molar-refractivity contribution is 7.37. The van der Waals surface area contributed by atoms with Crippen molar-refractivity contribution >= 4 is 32.1 Å². The van der Waals surface area contributed by atoms with Crippen LogP contribution in [0.4, 0.5) is 0 Å². The fraction of sp³-hybridized carbons (Fsp3) is 0.714. The number of nitrogens with one attached hydrogen (secondary N) is 1. The molecule has 25 heavy (non-hydrogen) atoms. The van der Waals surface area contributed by atoms with Crippen LogP contribution in [0.3, 0.4) is 0 Å². The van der Waals surface area contributed by atoms with E-state index in [0.29, 0.717) is 5.41 Å². The van der Waals surface area contributed by atoms with Gasteiger partial charge in [0.05, 0.1) is 10.1 Å². The zero-order chi connectivity index (χ0) is 18.2. The van der Waals surface area contributed by atoms with E-state index >= 15 is 0 Å². The van der Waals surface area contributed by atoms with Gasteiger partial charge in [0.15, 0.2) is 0 Å². The fourth-order valence-electron chi connectivity index (χ4n) is 5.12. The number of aliphatic hydroxyl groups is 1. The number of hydrogen-bond donors (Lipinski definition) is 2. The topological polar surface area (TPSA) is 32.3 Å². The van der Waals surface area contributed by atoms with Gasteiger partial charge in [0.2, 0.25) is 0 Å². The largest absolute Gasteiger partial charge is 0.391 e. The molecule has 1 fully saturated rings. The number of hydrogen-bond acceptors (Lipinski definition) is 4. The van der Waals surface area contributed by atoms with Gasteiger partial charge in [-0.15, -0.1) is 22.7 Å². The van der Waals surface area contributed by atoms with Gasteiger partial charge < -0.3 is 10.4 Å². The van der Waals surface area contributed by atoms with E-state index < -0.39 is 0 Å². The molecule has 3 rings (SSSR count). The van der Waals surface area contributed by atoms with E-state index in [-0.39, 0.29) is 11.6 Å². The summed E-state index contributed by atoms with van der Waals surface area (Å²) in [5, 5.41) is 18.1. The molecule has 0 aliphatic heterocycles. The van der Waals surface area contributed by atoms with E-state index in [1.807, 2.05) is 22.7 Å². The van der Waals surface area contributed by atoms with Crippen molar-refractivity contribution in [2.75, 3.05) is 0 Å². The van der Waals surface area contributed by atoms with Crippen molar-refractivity contribution in [2.24, 2.45) is 17.3 Å². The summed E-state index contributed by atoms with van der Waals surface area (Å²) in [5.74, 6) is 1.51. The Morgan fingerprint density at radius 2 is 2.08 bits per heavy atom. The van der Waals surface area contributed by atoms with Crippen molar-refractivity contribution in [2.45, 2.75) is 78.5 Å². The molecule has 4 unspecified atom stereocenters. The Kier molecular flexibility index (Phi) is 5.65. The lowest BCUT2D eigenvalue weighted by Crippen LogP contribution is -2.59. The van der Waals surface area contributed by atoms with E-state index in [1.165, 1.54) is 27.1 Å². The molecule has 1 aliphatic rings. The summed E-state index contributed by atoms with van der Waals surface area (Å²) in [6.07, 6.45) is 4.08. The third-order valence-electron chi connectivity index (χ3n) is 7.01. The zero-order valence-electron chi connectivity index (χ0n) is 16.3. The number of fused-ring (bicyclic) bond motifs is 1. The van der Waals surface area contributed by atoms with Gasteiger partial charge in [-0.1, -0.05) is 27.7 Å². The third-order valence-corrected chi connectivity index (χ3v) is 9.22. The lowest BCUT2D eigenvalue weighted by molar-refractivity contribution is -0.0854. The van der Waals surface area contributed by atoms with Crippen LogP contribution < -0.4 is 5.32 Å². The van der Waals surface area contributed by atoms with Crippen LogP contribution in [0.1, 0.15) is 65.2 Å². The molecule has 1 saturated carbocycles. The van der Waals surface area contributed by atoms with E-state index in [4.69, 9.17) is 0 Å². The molecular weight excluding hydrogens is 346 g/mol. The SMILES string of the molecule is CCC(O)C(C)(CC1(CC)C(C)CC1C)NCc1cc2ccsc2s1. The minimum Gasteiger partial charge on any atom is -0.391 e. The maximum absolute atomic E-state index is 10.8. The van der Waals surface area contributed by atoms with Gasteiger partial charge in [0.25, 0.3) is 0 Å². The van der Waals surface area contributed by atoms with E-state index in [0.717, 1.165) is 31.2 Å². The molecule has 2 nitrogen and oxygen atoms in total. The van der Waals surface area contributed by atoms with E-state index in [1.54, 1.807) is 0 Å². The lowest BCUT2D eigenvalue weighted by atomic mass is 9.49. The van der Waals surface area contributed by atoms with Crippen molar-refractivity contribution in [3.8, 4) is 0 Å². The minimum atomic E-state index is -0.308. The normalized spacial score (nSPS) is 30.2. The average Bonchev–Trinajstić information content (AvgIpc) is 3.18. The van der Waals surface area contributed by atoms with Gasteiger partial charge in [-0.3, -0.25) is 0 Å². The first-order valence-electron chi connectivity index (χ1n) is 9.73. The molecule has 2 heterocycles. The molecule has 0 saturated heterocycles. The summed E-state index contributed by atoms with van der Waals surface area (Å²) in [7, 11) is 0. The molecule has 0 bridgehead atoms. The Morgan fingerprint density at radius 1 is 1.36 bits per heavy atom. The maximum atomic E-state index is 10.8. The van der Waals surface area contributed by atoms with Crippen molar-refractivity contribution in [3.63, 3.8) is 0 Å². The van der Waals surface area contributed by atoms with Crippen LogP contribution in [0.25, 0.3) is 9.40 Å². The predicted molar refractivity (Wildman–Crippen MR) is 112 cm³/mol. The molecule has 0 aromatic carbocycles. The maximum Gasteiger partial charge on any atom is 0.0868 e. The first-order chi connectivity index (χ1) is 11.8. The number of thiophene rings is 2. The average molecular weight is 380 g/mol. The van der Waals surface area contributed by atoms with Gasteiger partial charge in [-0.05, 0) is 67.4 Å². The van der Waals surface area contributed by atoms with Crippen molar-refractivity contribution in [3.05, 3.63) is 22.4 Å². The fourth-order valence-corrected chi connectivity index (χ4v) is 7.22. The summed E-state index contributed by atoms with van der Waals surface area (Å²) >= 11 is 3.70. The standard InChI is InChI=1S/C21H33NOS2/c1-6-18(23)20(5,13-21(7-2)14(3)10-15(21)4)22-12-17-11-16-8-9-24-19(16)25-17/h8-9,11,14-15,18,22-23H,6-7,10,12-13H2,1-5H3. The van der Waals surface area contributed by atoms with Crippen LogP contribution >= 0.6 is 22.7 Å². The molecule has 2 N–H and O–H groups in total. The highest BCUT2D eigenvalue weighted by Gasteiger charge is 2.52. The molecule has 4 atom stereocenters. The minimum absolute atomic E-state index is 0.231. The molecule has 140 valence electrons. The van der Waals surface area contributed by atoms with E-state index in [2.05, 4.69) is 57.4 Å². The second-order valence-electron chi connectivity index (χ2n) is 8.37. The van der Waals surface area contributed by atoms with Crippen LogP contribution in [-0.4, -0.2) is 16.7 Å². The van der Waals surface area contributed by atoms with Gasteiger partial charge >= 0.3 is 0 Å². The molecule has 0 spiro atoms. The highest BCUT2D eigenvalue weighted by Crippen LogP contribution is 2.58. The monoisotopic (exact) mass is 379 g/mol. The zero-order valence-corrected chi connectivity index (χ0v) is 17.9. The van der Waals surface area contributed by atoms with Crippen LogP contribution in [0, 0.1) is 17.3 Å². The van der Waals surface area contributed by atoms with Gasteiger partial charge in [-0.25, -0.2) is 0 Å². The first-order valence-corrected chi connectivity index (χ1v) is 11.4. The van der Waals surface area contributed by atoms with Crippen molar-refractivity contribution < 1.29 is 5.11 Å². The lowest BCUT2D eigenvalue weighted by Gasteiger charge is -2.58. The summed E-state index contributed by atoms with van der Waals surface area (Å²) < 4.78 is 1.40. The molecule has 0 radical (unpaired) electrons. The molecule has 1 aliphatic carbocycles. The smallest absolute Gasteiger partial charge is 0.0868 e. The molecule has 4 heteroatoms. The Bertz CT molecular complexity index is 669.